The van der Waals surface area contributed by atoms with E-state index in [4.69, 9.17) is 5.73 Å². The minimum atomic E-state index is 0.813. The summed E-state index contributed by atoms with van der Waals surface area (Å²) in [5.74, 6) is 0. The van der Waals surface area contributed by atoms with Gasteiger partial charge < -0.3 is 11.1 Å². The molecule has 2 aromatic rings. The molecule has 2 nitrogen and oxygen atoms in total. The number of nitrogens with one attached hydrogen (secondary N) is 1. The molecule has 0 unspecified atom stereocenters. The predicted molar refractivity (Wildman–Crippen MR) is 79.3 cm³/mol. The molecule has 0 amide bonds. The smallest absolute Gasteiger partial charge is 0.0653 e. The number of rotatable bonds is 4. The minimum Gasteiger partial charge on any atom is -0.397 e. The molecule has 0 fully saturated rings. The molecular formula is C16H20N2. The van der Waals surface area contributed by atoms with Crippen molar-refractivity contribution in [3.63, 3.8) is 0 Å². The Morgan fingerprint density at radius 2 is 1.67 bits per heavy atom. The third-order valence-corrected chi connectivity index (χ3v) is 3.22. The van der Waals surface area contributed by atoms with E-state index in [9.17, 15) is 0 Å². The fraction of sp³-hybridized carbons (Fsp3) is 0.250. The second kappa shape index (κ2) is 5.58. The summed E-state index contributed by atoms with van der Waals surface area (Å²) in [4.78, 5) is 0. The SMILES string of the molecule is CCc1ccc(N)c(Nc2ccccc2)c1CC. The second-order valence-corrected chi connectivity index (χ2v) is 4.37. The Labute approximate surface area is 109 Å². The molecule has 0 atom stereocenters. The van der Waals surface area contributed by atoms with Crippen LogP contribution in [0, 0.1) is 0 Å². The summed E-state index contributed by atoms with van der Waals surface area (Å²) in [6, 6.07) is 14.3. The number of nitrogen functional groups attached to an aromatic ring is 1. The van der Waals surface area contributed by atoms with Crippen LogP contribution in [0.1, 0.15) is 25.0 Å². The Hall–Kier alpha value is -1.96. The van der Waals surface area contributed by atoms with Gasteiger partial charge in [-0.1, -0.05) is 38.1 Å². The average molecular weight is 240 g/mol. The molecule has 0 aliphatic carbocycles. The highest BCUT2D eigenvalue weighted by Gasteiger charge is 2.09. The fourth-order valence-electron chi connectivity index (χ4n) is 2.26. The minimum absolute atomic E-state index is 0.813. The van der Waals surface area contributed by atoms with Gasteiger partial charge >= 0.3 is 0 Å². The van der Waals surface area contributed by atoms with Gasteiger partial charge in [0.15, 0.2) is 0 Å². The lowest BCUT2D eigenvalue weighted by Gasteiger charge is -2.17. The third-order valence-electron chi connectivity index (χ3n) is 3.22. The average Bonchev–Trinajstić information content (AvgIpc) is 2.42. The number of hydrogen-bond acceptors (Lipinski definition) is 2. The Kier molecular flexibility index (Phi) is 3.88. The van der Waals surface area contributed by atoms with Gasteiger partial charge in [-0.2, -0.15) is 0 Å². The van der Waals surface area contributed by atoms with E-state index in [2.05, 4.69) is 37.4 Å². The summed E-state index contributed by atoms with van der Waals surface area (Å²) in [5, 5.41) is 3.44. The molecule has 0 bridgehead atoms. The van der Waals surface area contributed by atoms with Gasteiger partial charge in [0.1, 0.15) is 0 Å². The Bertz CT molecular complexity index is 518. The monoisotopic (exact) mass is 240 g/mol. The Morgan fingerprint density at radius 1 is 0.944 bits per heavy atom. The van der Waals surface area contributed by atoms with Gasteiger partial charge in [0.05, 0.1) is 11.4 Å². The number of benzene rings is 2. The van der Waals surface area contributed by atoms with Crippen LogP contribution >= 0.6 is 0 Å². The van der Waals surface area contributed by atoms with E-state index < -0.39 is 0 Å². The molecule has 0 saturated heterocycles. The molecule has 0 radical (unpaired) electrons. The van der Waals surface area contributed by atoms with E-state index in [1.807, 2.05) is 24.3 Å². The third kappa shape index (κ3) is 2.48. The van der Waals surface area contributed by atoms with Crippen molar-refractivity contribution in [1.29, 1.82) is 0 Å². The van der Waals surface area contributed by atoms with Crippen LogP contribution in [0.5, 0.6) is 0 Å². The van der Waals surface area contributed by atoms with Crippen molar-refractivity contribution in [2.45, 2.75) is 26.7 Å². The highest BCUT2D eigenvalue weighted by atomic mass is 14.9. The highest BCUT2D eigenvalue weighted by Crippen LogP contribution is 2.30. The van der Waals surface area contributed by atoms with Gasteiger partial charge in [0.25, 0.3) is 0 Å². The largest absolute Gasteiger partial charge is 0.397 e. The van der Waals surface area contributed by atoms with Crippen LogP contribution in [0.4, 0.5) is 17.1 Å². The maximum atomic E-state index is 6.11. The van der Waals surface area contributed by atoms with E-state index in [0.29, 0.717) is 0 Å². The van der Waals surface area contributed by atoms with Gasteiger partial charge in [-0.3, -0.25) is 0 Å². The first kappa shape index (κ1) is 12.5. The van der Waals surface area contributed by atoms with Crippen molar-refractivity contribution in [3.8, 4) is 0 Å². The van der Waals surface area contributed by atoms with Crippen molar-refractivity contribution in [1.82, 2.24) is 0 Å². The van der Waals surface area contributed by atoms with Crippen LogP contribution in [-0.2, 0) is 12.8 Å². The highest BCUT2D eigenvalue weighted by molar-refractivity contribution is 5.77. The van der Waals surface area contributed by atoms with Crippen molar-refractivity contribution in [2.24, 2.45) is 0 Å². The maximum Gasteiger partial charge on any atom is 0.0653 e. The molecule has 0 aromatic heterocycles. The molecule has 94 valence electrons. The Morgan fingerprint density at radius 3 is 2.28 bits per heavy atom. The van der Waals surface area contributed by atoms with Crippen LogP contribution in [0.3, 0.4) is 0 Å². The quantitative estimate of drug-likeness (QED) is 0.788. The predicted octanol–water partition coefficient (Wildman–Crippen LogP) is 4.14. The van der Waals surface area contributed by atoms with E-state index >= 15 is 0 Å². The summed E-state index contributed by atoms with van der Waals surface area (Å²) in [7, 11) is 0. The number of nitrogens with two attached hydrogens (primary N) is 1. The van der Waals surface area contributed by atoms with Gasteiger partial charge in [-0.25, -0.2) is 0 Å². The first-order valence-corrected chi connectivity index (χ1v) is 6.48. The zero-order valence-corrected chi connectivity index (χ0v) is 11.0. The number of para-hydroxylation sites is 1. The molecule has 18 heavy (non-hydrogen) atoms. The van der Waals surface area contributed by atoms with E-state index in [0.717, 1.165) is 29.9 Å². The zero-order valence-electron chi connectivity index (χ0n) is 11.0. The van der Waals surface area contributed by atoms with Crippen LogP contribution in [-0.4, -0.2) is 0 Å². The zero-order chi connectivity index (χ0) is 13.0. The lowest BCUT2D eigenvalue weighted by atomic mass is 9.99. The molecule has 0 saturated carbocycles. The lowest BCUT2D eigenvalue weighted by Crippen LogP contribution is -2.03. The number of hydrogen-bond donors (Lipinski definition) is 2. The summed E-state index contributed by atoms with van der Waals surface area (Å²) >= 11 is 0. The maximum absolute atomic E-state index is 6.11. The van der Waals surface area contributed by atoms with E-state index in [1.165, 1.54) is 11.1 Å². The number of aryl methyl sites for hydroxylation is 1. The standard InChI is InChI=1S/C16H20N2/c1-3-12-10-11-15(17)16(14(12)4-2)18-13-8-6-5-7-9-13/h5-11,18H,3-4,17H2,1-2H3. The molecular weight excluding hydrogens is 220 g/mol. The van der Waals surface area contributed by atoms with E-state index in [1.54, 1.807) is 0 Å². The first-order chi connectivity index (χ1) is 8.76. The molecule has 0 aliphatic rings. The van der Waals surface area contributed by atoms with Crippen molar-refractivity contribution in [2.75, 3.05) is 11.1 Å². The van der Waals surface area contributed by atoms with Crippen LogP contribution in [0.25, 0.3) is 0 Å². The lowest BCUT2D eigenvalue weighted by molar-refractivity contribution is 1.04. The second-order valence-electron chi connectivity index (χ2n) is 4.37. The van der Waals surface area contributed by atoms with Gasteiger partial charge in [0.2, 0.25) is 0 Å². The molecule has 0 heterocycles. The van der Waals surface area contributed by atoms with Crippen LogP contribution < -0.4 is 11.1 Å². The topological polar surface area (TPSA) is 38.0 Å². The van der Waals surface area contributed by atoms with Crippen LogP contribution in [0.15, 0.2) is 42.5 Å². The molecule has 2 aromatic carbocycles. The fourth-order valence-corrected chi connectivity index (χ4v) is 2.26. The van der Waals surface area contributed by atoms with Crippen LogP contribution in [0.2, 0.25) is 0 Å². The summed E-state index contributed by atoms with van der Waals surface area (Å²) in [6.07, 6.45) is 2.02. The van der Waals surface area contributed by atoms with Crippen molar-refractivity contribution in [3.05, 3.63) is 53.6 Å². The first-order valence-electron chi connectivity index (χ1n) is 6.48. The van der Waals surface area contributed by atoms with Gasteiger partial charge in [-0.05, 0) is 42.2 Å². The van der Waals surface area contributed by atoms with Crippen molar-refractivity contribution >= 4 is 17.1 Å². The van der Waals surface area contributed by atoms with Gasteiger partial charge in [-0.15, -0.1) is 0 Å². The van der Waals surface area contributed by atoms with Gasteiger partial charge in [0, 0.05) is 5.69 Å². The molecule has 3 N–H and O–H groups in total. The summed E-state index contributed by atoms with van der Waals surface area (Å²) in [6.45, 7) is 4.35. The van der Waals surface area contributed by atoms with Crippen molar-refractivity contribution < 1.29 is 0 Å². The number of anilines is 3. The molecule has 2 heteroatoms. The van der Waals surface area contributed by atoms with E-state index in [-0.39, 0.29) is 0 Å². The summed E-state index contributed by atoms with van der Waals surface area (Å²) < 4.78 is 0. The molecule has 0 aliphatic heterocycles. The Balaban J connectivity index is 2.43. The summed E-state index contributed by atoms with van der Waals surface area (Å²) in [5.41, 5.74) is 11.7. The molecule has 0 spiro atoms. The normalized spacial score (nSPS) is 10.3. The molecule has 2 rings (SSSR count).